The number of likely N-dealkylation sites (tertiary alicyclic amines) is 1. The topological polar surface area (TPSA) is 91.5 Å². The maximum atomic E-state index is 13.5. The Morgan fingerprint density at radius 3 is 2.56 bits per heavy atom. The first-order valence-corrected chi connectivity index (χ1v) is 8.55. The number of halogens is 3. The van der Waals surface area contributed by atoms with Gasteiger partial charge in [0.25, 0.3) is 6.43 Å². The molecular weight excluding hydrogens is 365 g/mol. The van der Waals surface area contributed by atoms with Gasteiger partial charge in [-0.15, -0.1) is 5.10 Å². The fourth-order valence-corrected chi connectivity index (χ4v) is 2.15. The summed E-state index contributed by atoms with van der Waals surface area (Å²) in [4.78, 5) is 13.4. The lowest BCUT2D eigenvalue weighted by molar-refractivity contribution is -0.132. The minimum atomic E-state index is -2.89. The Labute approximate surface area is 153 Å². The molecule has 4 rings (SSSR count). The smallest absolute Gasteiger partial charge is 0.316 e. The van der Waals surface area contributed by atoms with Gasteiger partial charge in [-0.3, -0.25) is 4.79 Å². The molecule has 1 aromatic heterocycles. The first kappa shape index (κ1) is 19.2. The van der Waals surface area contributed by atoms with Crippen LogP contribution in [0.2, 0.25) is 0 Å². The predicted molar refractivity (Wildman–Crippen MR) is 89.6 cm³/mol. The highest BCUT2D eigenvalue weighted by molar-refractivity contribution is 5.80. The highest BCUT2D eigenvalue weighted by Gasteiger charge is 2.21. The number of alkyl halides is 2. The Kier molecular flexibility index (Phi) is 5.94. The molecule has 0 atom stereocenters. The molecule has 27 heavy (non-hydrogen) atoms. The van der Waals surface area contributed by atoms with E-state index in [9.17, 15) is 18.0 Å². The summed E-state index contributed by atoms with van der Waals surface area (Å²) >= 11 is 0. The number of benzene rings is 1. The standard InChI is InChI=1S/C14H13F3N4O2.C3H6O/c15-10-6-8(2-3-9(10)12(16)17)13-19-20-14(23-13)18-7-11(22)21-4-1-5-21;4-3-1-2-3/h2-3,6,12H,1,4-5,7H2,(H,18,20);3-4H,1-2H2. The number of anilines is 1. The summed E-state index contributed by atoms with van der Waals surface area (Å²) in [7, 11) is 0. The maximum Gasteiger partial charge on any atom is 0.316 e. The summed E-state index contributed by atoms with van der Waals surface area (Å²) in [6, 6.07) is 3.16. The molecule has 2 aromatic rings. The predicted octanol–water partition coefficient (Wildman–Crippen LogP) is 2.60. The molecule has 1 saturated carbocycles. The number of aromatic nitrogens is 2. The van der Waals surface area contributed by atoms with E-state index < -0.39 is 17.8 Å². The second kappa shape index (κ2) is 8.38. The Bertz CT molecular complexity index is 791. The lowest BCUT2D eigenvalue weighted by atomic mass is 10.1. The Hall–Kier alpha value is -2.62. The van der Waals surface area contributed by atoms with Crippen molar-refractivity contribution < 1.29 is 27.5 Å². The van der Waals surface area contributed by atoms with E-state index in [1.54, 1.807) is 4.90 Å². The number of amides is 1. The molecule has 1 aliphatic carbocycles. The third kappa shape index (κ3) is 5.19. The molecule has 2 N–H and O–H groups in total. The van der Waals surface area contributed by atoms with Crippen LogP contribution in [0.5, 0.6) is 0 Å². The fourth-order valence-electron chi connectivity index (χ4n) is 2.15. The number of carbonyl (C=O) groups excluding carboxylic acids is 1. The normalized spacial score (nSPS) is 15.8. The van der Waals surface area contributed by atoms with Crippen LogP contribution in [0.3, 0.4) is 0 Å². The van der Waals surface area contributed by atoms with E-state index in [1.807, 2.05) is 0 Å². The Morgan fingerprint density at radius 2 is 2.04 bits per heavy atom. The first-order valence-electron chi connectivity index (χ1n) is 8.55. The van der Waals surface area contributed by atoms with Crippen molar-refractivity contribution in [2.45, 2.75) is 31.8 Å². The quantitative estimate of drug-likeness (QED) is 0.824. The van der Waals surface area contributed by atoms with E-state index in [4.69, 9.17) is 9.52 Å². The van der Waals surface area contributed by atoms with Gasteiger partial charge in [0.1, 0.15) is 5.82 Å². The van der Waals surface area contributed by atoms with E-state index in [-0.39, 0.29) is 36.0 Å². The van der Waals surface area contributed by atoms with Crippen molar-refractivity contribution in [1.82, 2.24) is 15.1 Å². The number of hydrogen-bond donors (Lipinski definition) is 2. The second-order valence-corrected chi connectivity index (χ2v) is 6.27. The molecule has 1 amide bonds. The molecule has 0 bridgehead atoms. The monoisotopic (exact) mass is 384 g/mol. The minimum Gasteiger partial charge on any atom is -0.403 e. The van der Waals surface area contributed by atoms with Gasteiger partial charge in [-0.1, -0.05) is 5.10 Å². The Morgan fingerprint density at radius 1 is 1.33 bits per heavy atom. The average Bonchev–Trinajstić information content (AvgIpc) is 3.22. The van der Waals surface area contributed by atoms with Gasteiger partial charge in [0.2, 0.25) is 11.8 Å². The summed E-state index contributed by atoms with van der Waals surface area (Å²) in [5.74, 6) is -1.15. The number of carbonyl (C=O) groups is 1. The van der Waals surface area contributed by atoms with Crippen LogP contribution in [0.15, 0.2) is 22.6 Å². The molecule has 2 aliphatic rings. The molecule has 146 valence electrons. The van der Waals surface area contributed by atoms with E-state index in [2.05, 4.69) is 15.5 Å². The molecule has 0 unspecified atom stereocenters. The van der Waals surface area contributed by atoms with E-state index in [0.29, 0.717) is 0 Å². The highest BCUT2D eigenvalue weighted by atomic mass is 19.3. The first-order chi connectivity index (χ1) is 12.9. The number of aliphatic hydroxyl groups is 1. The number of aliphatic hydroxyl groups excluding tert-OH is 1. The molecule has 2 heterocycles. The summed E-state index contributed by atoms with van der Waals surface area (Å²) in [6.07, 6.45) is 0.271. The van der Waals surface area contributed by atoms with Crippen molar-refractivity contribution in [2.24, 2.45) is 0 Å². The minimum absolute atomic E-state index is 0.00668. The van der Waals surface area contributed by atoms with Gasteiger partial charge >= 0.3 is 6.01 Å². The largest absolute Gasteiger partial charge is 0.403 e. The molecule has 1 saturated heterocycles. The van der Waals surface area contributed by atoms with E-state index in [0.717, 1.165) is 44.5 Å². The molecular formula is C17H19F3N4O3. The van der Waals surface area contributed by atoms with Crippen molar-refractivity contribution in [2.75, 3.05) is 25.0 Å². The number of rotatable bonds is 5. The van der Waals surface area contributed by atoms with Gasteiger partial charge in [0.15, 0.2) is 0 Å². The Balaban J connectivity index is 0.000000466. The number of nitrogens with one attached hydrogen (secondary N) is 1. The summed E-state index contributed by atoms with van der Waals surface area (Å²) in [5.41, 5.74) is -0.506. The molecule has 1 aliphatic heterocycles. The lowest BCUT2D eigenvalue weighted by Crippen LogP contribution is -2.44. The van der Waals surface area contributed by atoms with E-state index in [1.165, 1.54) is 6.07 Å². The van der Waals surface area contributed by atoms with Crippen LogP contribution in [-0.4, -0.2) is 51.8 Å². The summed E-state index contributed by atoms with van der Waals surface area (Å²) in [6.45, 7) is 1.50. The van der Waals surface area contributed by atoms with Crippen molar-refractivity contribution in [1.29, 1.82) is 0 Å². The van der Waals surface area contributed by atoms with Gasteiger partial charge in [-0.05, 0) is 37.5 Å². The second-order valence-electron chi connectivity index (χ2n) is 6.27. The van der Waals surface area contributed by atoms with Crippen LogP contribution in [0.25, 0.3) is 11.5 Å². The molecule has 2 fully saturated rings. The fraction of sp³-hybridized carbons (Fsp3) is 0.471. The molecule has 0 spiro atoms. The number of hydrogen-bond acceptors (Lipinski definition) is 6. The van der Waals surface area contributed by atoms with Gasteiger partial charge in [0, 0.05) is 18.7 Å². The average molecular weight is 384 g/mol. The van der Waals surface area contributed by atoms with Crippen molar-refractivity contribution in [3.05, 3.63) is 29.6 Å². The van der Waals surface area contributed by atoms with Crippen LogP contribution in [0.4, 0.5) is 19.2 Å². The third-order valence-corrected chi connectivity index (χ3v) is 4.05. The zero-order valence-corrected chi connectivity index (χ0v) is 14.4. The van der Waals surface area contributed by atoms with Crippen molar-refractivity contribution in [3.63, 3.8) is 0 Å². The van der Waals surface area contributed by atoms with Gasteiger partial charge in [-0.2, -0.15) is 0 Å². The molecule has 0 radical (unpaired) electrons. The molecule has 1 aromatic carbocycles. The van der Waals surface area contributed by atoms with Gasteiger partial charge in [-0.25, -0.2) is 13.2 Å². The van der Waals surface area contributed by atoms with Crippen molar-refractivity contribution in [3.8, 4) is 11.5 Å². The SMILES string of the molecule is O=C(CNc1nnc(-c2ccc(C(F)F)c(F)c2)o1)N1CCC1.OC1CC1. The van der Waals surface area contributed by atoms with Crippen LogP contribution in [-0.2, 0) is 4.79 Å². The zero-order chi connectivity index (χ0) is 19.4. The third-order valence-electron chi connectivity index (χ3n) is 4.05. The van der Waals surface area contributed by atoms with Gasteiger partial charge in [0.05, 0.1) is 18.2 Å². The number of nitrogens with zero attached hydrogens (tertiary/aromatic N) is 3. The summed E-state index contributed by atoms with van der Waals surface area (Å²) < 4.78 is 43.8. The summed E-state index contributed by atoms with van der Waals surface area (Å²) in [5, 5.41) is 18.2. The van der Waals surface area contributed by atoms with Crippen LogP contribution in [0.1, 0.15) is 31.3 Å². The highest BCUT2D eigenvalue weighted by Crippen LogP contribution is 2.27. The van der Waals surface area contributed by atoms with Crippen molar-refractivity contribution >= 4 is 11.9 Å². The molecule has 7 nitrogen and oxygen atoms in total. The van der Waals surface area contributed by atoms with E-state index >= 15 is 0 Å². The van der Waals surface area contributed by atoms with Gasteiger partial charge < -0.3 is 19.7 Å². The van der Waals surface area contributed by atoms with Crippen LogP contribution < -0.4 is 5.32 Å². The zero-order valence-electron chi connectivity index (χ0n) is 14.4. The van der Waals surface area contributed by atoms with Crippen LogP contribution >= 0.6 is 0 Å². The van der Waals surface area contributed by atoms with Crippen LogP contribution in [0, 0.1) is 5.82 Å². The molecule has 10 heteroatoms. The lowest BCUT2D eigenvalue weighted by Gasteiger charge is -2.30. The maximum absolute atomic E-state index is 13.5.